The minimum atomic E-state index is -1.24. The van der Waals surface area contributed by atoms with E-state index < -0.39 is 35.2 Å². The van der Waals surface area contributed by atoms with Crippen LogP contribution in [0.25, 0.3) is 0 Å². The van der Waals surface area contributed by atoms with E-state index in [-0.39, 0.29) is 16.6 Å². The topological polar surface area (TPSA) is 143 Å². The summed E-state index contributed by atoms with van der Waals surface area (Å²) in [6.45, 7) is 1.85. The molecule has 0 aliphatic carbocycles. The van der Waals surface area contributed by atoms with Crippen molar-refractivity contribution in [2.24, 2.45) is 5.73 Å². The Kier molecular flexibility index (Phi) is 6.72. The number of aryl methyl sites for hydroxylation is 1. The first-order chi connectivity index (χ1) is 15.3. The molecule has 4 rings (SSSR count). The van der Waals surface area contributed by atoms with Crippen molar-refractivity contribution in [1.82, 2.24) is 15.2 Å². The standard InChI is InChI=1S/C19H18N4O5S4/c1-8-5-21-15(32-8)19(28)31-7-9-6-30-17-12(16(25)23(17)13(9)18(26)27)22-14(24)11(20)10-3-2-4-29-10/h2-5,11-12,17H,6-7,20H2,1H3,(H,22,24)(H,26,27)/t11?,12?,17-/m1/s1. The van der Waals surface area contributed by atoms with Gasteiger partial charge in [-0.1, -0.05) is 17.8 Å². The van der Waals surface area contributed by atoms with Crippen molar-refractivity contribution in [3.05, 3.63) is 49.7 Å². The minimum absolute atomic E-state index is 0.123. The number of nitrogens with zero attached hydrogens (tertiary/aromatic N) is 2. The molecule has 2 unspecified atom stereocenters. The first-order valence-electron chi connectivity index (χ1n) is 9.37. The van der Waals surface area contributed by atoms with E-state index in [1.807, 2.05) is 6.92 Å². The van der Waals surface area contributed by atoms with Gasteiger partial charge < -0.3 is 16.2 Å². The number of amides is 2. The number of carboxylic acid groups (broad SMARTS) is 1. The fourth-order valence-electron chi connectivity index (χ4n) is 3.30. The zero-order chi connectivity index (χ0) is 23.0. The van der Waals surface area contributed by atoms with E-state index in [1.165, 1.54) is 39.3 Å². The van der Waals surface area contributed by atoms with Crippen LogP contribution < -0.4 is 11.1 Å². The van der Waals surface area contributed by atoms with Crippen LogP contribution in [0.4, 0.5) is 0 Å². The molecule has 2 aliphatic rings. The van der Waals surface area contributed by atoms with Crippen LogP contribution in [0.15, 0.2) is 35.0 Å². The first-order valence-corrected chi connectivity index (χ1v) is 13.1. The Bertz CT molecular complexity index is 1110. The summed E-state index contributed by atoms with van der Waals surface area (Å²) in [4.78, 5) is 56.3. The number of β-lactam (4-membered cyclic amide) rings is 1. The molecule has 0 saturated carbocycles. The van der Waals surface area contributed by atoms with Crippen LogP contribution in [-0.2, 0) is 14.4 Å². The minimum Gasteiger partial charge on any atom is -0.477 e. The van der Waals surface area contributed by atoms with E-state index in [0.717, 1.165) is 16.6 Å². The van der Waals surface area contributed by atoms with E-state index in [4.69, 9.17) is 5.73 Å². The van der Waals surface area contributed by atoms with Crippen LogP contribution in [0.1, 0.15) is 25.6 Å². The number of thiophene rings is 1. The third-order valence-corrected chi connectivity index (χ3v) is 9.14. The van der Waals surface area contributed by atoms with Gasteiger partial charge in [0.15, 0.2) is 5.01 Å². The molecule has 1 fully saturated rings. The van der Waals surface area contributed by atoms with Crippen LogP contribution in [0.3, 0.4) is 0 Å². The van der Waals surface area contributed by atoms with Crippen molar-refractivity contribution in [3.8, 4) is 0 Å². The maximum Gasteiger partial charge on any atom is 0.352 e. The lowest BCUT2D eigenvalue weighted by atomic mass is 10.0. The van der Waals surface area contributed by atoms with Crippen LogP contribution in [0.2, 0.25) is 0 Å². The number of carboxylic acids is 1. The molecule has 2 aromatic rings. The molecule has 168 valence electrons. The molecule has 0 aromatic carbocycles. The van der Waals surface area contributed by atoms with E-state index in [1.54, 1.807) is 23.7 Å². The van der Waals surface area contributed by atoms with Gasteiger partial charge in [-0.3, -0.25) is 19.3 Å². The number of nitrogens with two attached hydrogens (primary N) is 1. The number of aromatic nitrogens is 1. The second-order valence-electron chi connectivity index (χ2n) is 7.00. The van der Waals surface area contributed by atoms with Crippen molar-refractivity contribution >= 4 is 69.1 Å². The second-order valence-corrected chi connectivity index (χ2v) is 11.3. The van der Waals surface area contributed by atoms with Gasteiger partial charge in [0, 0.05) is 27.5 Å². The monoisotopic (exact) mass is 510 g/mol. The number of thioether (sulfide) groups is 2. The van der Waals surface area contributed by atoms with Crippen LogP contribution in [0, 0.1) is 6.92 Å². The summed E-state index contributed by atoms with van der Waals surface area (Å²) in [5, 5.41) is 13.8. The summed E-state index contributed by atoms with van der Waals surface area (Å²) >= 11 is 4.93. The molecular weight excluding hydrogens is 493 g/mol. The van der Waals surface area contributed by atoms with Crippen molar-refractivity contribution in [2.45, 2.75) is 24.4 Å². The summed E-state index contributed by atoms with van der Waals surface area (Å²) < 4.78 is 0. The Labute approximate surface area is 199 Å². The Balaban J connectivity index is 1.44. The van der Waals surface area contributed by atoms with Crippen LogP contribution in [0.5, 0.6) is 0 Å². The highest BCUT2D eigenvalue weighted by Crippen LogP contribution is 2.41. The van der Waals surface area contributed by atoms with Crippen molar-refractivity contribution in [2.75, 3.05) is 11.5 Å². The molecule has 0 radical (unpaired) electrons. The number of fused-ring (bicyclic) bond motifs is 1. The molecule has 4 N–H and O–H groups in total. The van der Waals surface area contributed by atoms with Crippen LogP contribution in [-0.4, -0.2) is 60.8 Å². The molecule has 0 bridgehead atoms. The van der Waals surface area contributed by atoms with E-state index in [2.05, 4.69) is 10.3 Å². The molecule has 13 heteroatoms. The molecular formula is C19H18N4O5S4. The fourth-order valence-corrected chi connectivity index (χ4v) is 7.12. The van der Waals surface area contributed by atoms with E-state index in [0.29, 0.717) is 21.2 Å². The third kappa shape index (κ3) is 4.35. The van der Waals surface area contributed by atoms with Crippen molar-refractivity contribution in [1.29, 1.82) is 0 Å². The molecule has 2 amide bonds. The van der Waals surface area contributed by atoms with Gasteiger partial charge in [-0.2, -0.15) is 0 Å². The molecule has 32 heavy (non-hydrogen) atoms. The van der Waals surface area contributed by atoms with Gasteiger partial charge >= 0.3 is 5.97 Å². The smallest absolute Gasteiger partial charge is 0.352 e. The number of hydrogen-bond acceptors (Lipinski definition) is 10. The van der Waals surface area contributed by atoms with Gasteiger partial charge in [-0.15, -0.1) is 34.4 Å². The Morgan fingerprint density at radius 3 is 2.84 bits per heavy atom. The van der Waals surface area contributed by atoms with Crippen molar-refractivity contribution < 1.29 is 24.3 Å². The van der Waals surface area contributed by atoms with Gasteiger partial charge in [0.05, 0.1) is 0 Å². The maximum absolute atomic E-state index is 12.7. The van der Waals surface area contributed by atoms with Gasteiger partial charge in [0.2, 0.25) is 11.0 Å². The summed E-state index contributed by atoms with van der Waals surface area (Å²) in [5.74, 6) is -1.76. The second kappa shape index (κ2) is 9.35. The number of hydrogen-bond donors (Lipinski definition) is 3. The number of carbonyl (C=O) groups excluding carboxylic acids is 3. The number of aliphatic carboxylic acids is 1. The lowest BCUT2D eigenvalue weighted by molar-refractivity contribution is -0.150. The highest BCUT2D eigenvalue weighted by atomic mass is 32.2. The van der Waals surface area contributed by atoms with Crippen LogP contribution >= 0.6 is 46.2 Å². The Hall–Kier alpha value is -2.19. The maximum atomic E-state index is 12.7. The van der Waals surface area contributed by atoms with Gasteiger partial charge in [-0.05, 0) is 23.9 Å². The Morgan fingerprint density at radius 1 is 1.44 bits per heavy atom. The molecule has 2 aromatic heterocycles. The number of thiazole rings is 1. The highest BCUT2D eigenvalue weighted by Gasteiger charge is 2.54. The molecule has 0 spiro atoms. The Morgan fingerprint density at radius 2 is 2.22 bits per heavy atom. The van der Waals surface area contributed by atoms with E-state index >= 15 is 0 Å². The average molecular weight is 511 g/mol. The number of rotatable bonds is 7. The lowest BCUT2D eigenvalue weighted by Crippen LogP contribution is -2.71. The van der Waals surface area contributed by atoms with Gasteiger partial charge in [0.1, 0.15) is 23.2 Å². The molecule has 2 aliphatic heterocycles. The zero-order valence-electron chi connectivity index (χ0n) is 16.6. The number of carbonyl (C=O) groups is 4. The fraction of sp³-hybridized carbons (Fsp3) is 0.316. The molecule has 9 nitrogen and oxygen atoms in total. The zero-order valence-corrected chi connectivity index (χ0v) is 19.9. The van der Waals surface area contributed by atoms with E-state index in [9.17, 15) is 24.3 Å². The average Bonchev–Trinajstić information content (AvgIpc) is 3.46. The molecule has 3 atom stereocenters. The predicted octanol–water partition coefficient (Wildman–Crippen LogP) is 1.83. The predicted molar refractivity (Wildman–Crippen MR) is 125 cm³/mol. The van der Waals surface area contributed by atoms with Crippen molar-refractivity contribution in [3.63, 3.8) is 0 Å². The summed E-state index contributed by atoms with van der Waals surface area (Å²) in [6, 6.07) is 1.78. The molecule has 4 heterocycles. The lowest BCUT2D eigenvalue weighted by Gasteiger charge is -2.49. The van der Waals surface area contributed by atoms with Gasteiger partial charge in [0.25, 0.3) is 5.91 Å². The summed E-state index contributed by atoms with van der Waals surface area (Å²) in [6.07, 6.45) is 1.61. The van der Waals surface area contributed by atoms with Gasteiger partial charge in [-0.25, -0.2) is 9.78 Å². The third-order valence-electron chi connectivity index (χ3n) is 4.85. The highest BCUT2D eigenvalue weighted by molar-refractivity contribution is 8.14. The largest absolute Gasteiger partial charge is 0.477 e. The summed E-state index contributed by atoms with van der Waals surface area (Å²) in [7, 11) is 0. The first kappa shape index (κ1) is 23.0. The number of nitrogens with one attached hydrogen (secondary N) is 1. The summed E-state index contributed by atoms with van der Waals surface area (Å²) in [5.41, 5.74) is 6.32. The SMILES string of the molecule is Cc1cnc(C(=O)SCC2=C(C(=O)O)N3C(=O)C(NC(=O)C(N)c4cccs4)[C@H]3SC2)s1. The normalized spacial score (nSPS) is 21.1. The quantitative estimate of drug-likeness (QED) is 0.475. The molecule has 1 saturated heterocycles.